The molecular weight excluding hydrogens is 249 g/mol. The zero-order chi connectivity index (χ0) is 13.0. The number of hydrogen-bond acceptors (Lipinski definition) is 2. The first-order valence-corrected chi connectivity index (χ1v) is 7.34. The number of rotatable bonds is 2. The molecule has 2 rings (SSSR count). The minimum absolute atomic E-state index is 0.149. The predicted molar refractivity (Wildman–Crippen MR) is 73.2 cm³/mol. The Bertz CT molecular complexity index is 407. The van der Waals surface area contributed by atoms with Gasteiger partial charge in [-0.25, -0.2) is 4.39 Å². The first-order chi connectivity index (χ1) is 8.65. The zero-order valence-electron chi connectivity index (χ0n) is 10.6. The van der Waals surface area contributed by atoms with Gasteiger partial charge in [-0.2, -0.15) is 11.8 Å². The third-order valence-electron chi connectivity index (χ3n) is 3.19. The van der Waals surface area contributed by atoms with Crippen LogP contribution in [0, 0.1) is 5.82 Å². The quantitative estimate of drug-likeness (QED) is 0.821. The second-order valence-electron chi connectivity index (χ2n) is 4.65. The molecule has 0 radical (unpaired) electrons. The molecule has 1 aromatic rings. The van der Waals surface area contributed by atoms with Crippen molar-refractivity contribution in [2.24, 2.45) is 0 Å². The average Bonchev–Trinajstić information content (AvgIpc) is 2.57. The summed E-state index contributed by atoms with van der Waals surface area (Å²) in [5.74, 6) is 0.901. The zero-order valence-corrected chi connectivity index (χ0v) is 11.4. The van der Waals surface area contributed by atoms with E-state index in [9.17, 15) is 9.18 Å². The highest BCUT2D eigenvalue weighted by molar-refractivity contribution is 7.99. The van der Waals surface area contributed by atoms with Gasteiger partial charge >= 0.3 is 0 Å². The molecule has 4 heteroatoms. The fourth-order valence-electron chi connectivity index (χ4n) is 2.03. The monoisotopic (exact) mass is 267 g/mol. The molecular formula is C14H18FNOS. The lowest BCUT2D eigenvalue weighted by molar-refractivity contribution is -0.130. The van der Waals surface area contributed by atoms with Gasteiger partial charge in [-0.15, -0.1) is 0 Å². The number of hydrogen-bond donors (Lipinski definition) is 0. The van der Waals surface area contributed by atoms with E-state index >= 15 is 0 Å². The first-order valence-electron chi connectivity index (χ1n) is 6.29. The van der Waals surface area contributed by atoms with E-state index in [0.717, 1.165) is 30.8 Å². The van der Waals surface area contributed by atoms with E-state index in [1.807, 2.05) is 16.7 Å². The smallest absolute Gasteiger partial charge is 0.227 e. The normalized spacial score (nSPS) is 20.6. The summed E-state index contributed by atoms with van der Waals surface area (Å²) in [7, 11) is 0. The molecule has 1 aliphatic heterocycles. The summed E-state index contributed by atoms with van der Waals surface area (Å²) in [6.07, 6.45) is 1.43. The van der Waals surface area contributed by atoms with Gasteiger partial charge in [0.25, 0.3) is 0 Å². The van der Waals surface area contributed by atoms with Crippen LogP contribution in [0.3, 0.4) is 0 Å². The summed E-state index contributed by atoms with van der Waals surface area (Å²) >= 11 is 1.92. The summed E-state index contributed by atoms with van der Waals surface area (Å²) in [6.45, 7) is 3.88. The van der Waals surface area contributed by atoms with Crippen molar-refractivity contribution in [1.82, 2.24) is 4.90 Å². The number of thioether (sulfide) groups is 1. The Balaban J connectivity index is 1.92. The number of nitrogens with zero attached hydrogens (tertiary/aromatic N) is 1. The Kier molecular flexibility index (Phi) is 4.64. The number of benzene rings is 1. The van der Waals surface area contributed by atoms with E-state index in [2.05, 4.69) is 6.92 Å². The van der Waals surface area contributed by atoms with Crippen LogP contribution in [-0.2, 0) is 11.2 Å². The van der Waals surface area contributed by atoms with Gasteiger partial charge < -0.3 is 4.90 Å². The van der Waals surface area contributed by atoms with Gasteiger partial charge in [0.15, 0.2) is 0 Å². The van der Waals surface area contributed by atoms with E-state index in [0.29, 0.717) is 11.7 Å². The molecule has 18 heavy (non-hydrogen) atoms. The highest BCUT2D eigenvalue weighted by Crippen LogP contribution is 2.19. The molecule has 0 aliphatic carbocycles. The molecule has 0 bridgehead atoms. The van der Waals surface area contributed by atoms with Gasteiger partial charge in [-0.05, 0) is 24.1 Å². The van der Waals surface area contributed by atoms with Gasteiger partial charge in [0.1, 0.15) is 5.82 Å². The molecule has 0 spiro atoms. The maximum atomic E-state index is 12.8. The van der Waals surface area contributed by atoms with Crippen molar-refractivity contribution in [3.63, 3.8) is 0 Å². The number of carbonyl (C=O) groups is 1. The summed E-state index contributed by atoms with van der Waals surface area (Å²) in [5, 5.41) is 0.633. The van der Waals surface area contributed by atoms with Crippen molar-refractivity contribution in [3.05, 3.63) is 35.6 Å². The maximum absolute atomic E-state index is 12.8. The van der Waals surface area contributed by atoms with Crippen LogP contribution in [-0.4, -0.2) is 34.9 Å². The van der Waals surface area contributed by atoms with Crippen molar-refractivity contribution in [2.75, 3.05) is 18.8 Å². The molecule has 0 unspecified atom stereocenters. The van der Waals surface area contributed by atoms with E-state index in [4.69, 9.17) is 0 Å². The van der Waals surface area contributed by atoms with Crippen LogP contribution in [0.1, 0.15) is 18.9 Å². The molecule has 1 fully saturated rings. The van der Waals surface area contributed by atoms with E-state index in [1.165, 1.54) is 12.1 Å². The second-order valence-corrected chi connectivity index (χ2v) is 6.20. The van der Waals surface area contributed by atoms with Crippen LogP contribution < -0.4 is 0 Å². The van der Waals surface area contributed by atoms with Crippen LogP contribution in [0.5, 0.6) is 0 Å². The van der Waals surface area contributed by atoms with Gasteiger partial charge in [0.05, 0.1) is 6.42 Å². The van der Waals surface area contributed by atoms with Crippen molar-refractivity contribution < 1.29 is 9.18 Å². The van der Waals surface area contributed by atoms with Gasteiger partial charge in [0, 0.05) is 24.1 Å². The van der Waals surface area contributed by atoms with Crippen molar-refractivity contribution in [3.8, 4) is 0 Å². The molecule has 98 valence electrons. The molecule has 1 atom stereocenters. The van der Waals surface area contributed by atoms with Crippen LogP contribution in [0.2, 0.25) is 0 Å². The molecule has 1 saturated heterocycles. The molecule has 1 heterocycles. The minimum Gasteiger partial charge on any atom is -0.342 e. The number of carbonyl (C=O) groups excluding carboxylic acids is 1. The fourth-order valence-corrected chi connectivity index (χ4v) is 3.04. The largest absolute Gasteiger partial charge is 0.342 e. The summed E-state index contributed by atoms with van der Waals surface area (Å²) in [4.78, 5) is 14.1. The average molecular weight is 267 g/mol. The highest BCUT2D eigenvalue weighted by atomic mass is 32.2. The summed E-state index contributed by atoms with van der Waals surface area (Å²) in [6, 6.07) is 6.18. The van der Waals surface area contributed by atoms with Crippen molar-refractivity contribution in [1.29, 1.82) is 0 Å². The number of halogens is 1. The van der Waals surface area contributed by atoms with Gasteiger partial charge in [0.2, 0.25) is 5.91 Å². The van der Waals surface area contributed by atoms with Crippen LogP contribution >= 0.6 is 11.8 Å². The molecule has 0 aromatic heterocycles. The summed E-state index contributed by atoms with van der Waals surface area (Å²) < 4.78 is 12.8. The van der Waals surface area contributed by atoms with E-state index in [1.54, 1.807) is 12.1 Å². The van der Waals surface area contributed by atoms with Gasteiger partial charge in [-0.1, -0.05) is 19.1 Å². The Morgan fingerprint density at radius 1 is 1.39 bits per heavy atom. The lowest BCUT2D eigenvalue weighted by Crippen LogP contribution is -2.34. The predicted octanol–water partition coefficient (Wildman–Crippen LogP) is 2.72. The summed E-state index contributed by atoms with van der Waals surface area (Å²) in [5.41, 5.74) is 0.881. The lowest BCUT2D eigenvalue weighted by atomic mass is 10.1. The second kappa shape index (κ2) is 6.23. The van der Waals surface area contributed by atoms with Crippen LogP contribution in [0.25, 0.3) is 0 Å². The highest BCUT2D eigenvalue weighted by Gasteiger charge is 2.18. The Labute approximate surface area is 112 Å². The lowest BCUT2D eigenvalue weighted by Gasteiger charge is -2.20. The first kappa shape index (κ1) is 13.4. The van der Waals surface area contributed by atoms with E-state index < -0.39 is 0 Å². The Morgan fingerprint density at radius 3 is 2.83 bits per heavy atom. The van der Waals surface area contributed by atoms with Crippen LogP contribution in [0.4, 0.5) is 4.39 Å². The third kappa shape index (κ3) is 3.73. The van der Waals surface area contributed by atoms with Crippen molar-refractivity contribution >= 4 is 17.7 Å². The Hall–Kier alpha value is -1.03. The van der Waals surface area contributed by atoms with Crippen molar-refractivity contribution in [2.45, 2.75) is 25.0 Å². The third-order valence-corrected chi connectivity index (χ3v) is 4.41. The molecule has 1 aromatic carbocycles. The molecule has 0 saturated carbocycles. The molecule has 2 nitrogen and oxygen atoms in total. The van der Waals surface area contributed by atoms with Gasteiger partial charge in [-0.3, -0.25) is 4.79 Å². The van der Waals surface area contributed by atoms with Crippen LogP contribution in [0.15, 0.2) is 24.3 Å². The topological polar surface area (TPSA) is 20.3 Å². The minimum atomic E-state index is -0.258. The fraction of sp³-hybridized carbons (Fsp3) is 0.500. The Morgan fingerprint density at radius 2 is 2.11 bits per heavy atom. The SMILES string of the molecule is C[C@@H]1CCN(C(=O)Cc2ccc(F)cc2)CCS1. The molecule has 1 amide bonds. The standard InChI is InChI=1S/C14H18FNOS/c1-11-6-7-16(8-9-18-11)14(17)10-12-2-4-13(15)5-3-12/h2-5,11H,6-10H2,1H3/t11-/m1/s1. The molecule has 1 aliphatic rings. The van der Waals surface area contributed by atoms with E-state index in [-0.39, 0.29) is 11.7 Å². The molecule has 0 N–H and O–H groups in total. The number of amides is 1. The maximum Gasteiger partial charge on any atom is 0.227 e.